The highest BCUT2D eigenvalue weighted by atomic mass is 16.5. The number of aromatic nitrogens is 3. The number of rotatable bonds is 7. The molecule has 0 saturated carbocycles. The van der Waals surface area contributed by atoms with E-state index in [9.17, 15) is 0 Å². The van der Waals surface area contributed by atoms with Crippen LogP contribution in [0.4, 0.5) is 5.82 Å². The molecule has 152 valence electrons. The van der Waals surface area contributed by atoms with Gasteiger partial charge in [-0.25, -0.2) is 4.98 Å². The minimum Gasteiger partial charge on any atom is -0.380 e. The molecule has 0 saturated heterocycles. The van der Waals surface area contributed by atoms with Crippen LogP contribution in [0, 0.1) is 6.92 Å². The fourth-order valence-electron chi connectivity index (χ4n) is 3.41. The third kappa shape index (κ3) is 4.09. The first-order valence-electron chi connectivity index (χ1n) is 9.92. The van der Waals surface area contributed by atoms with Gasteiger partial charge in [0, 0.05) is 31.0 Å². The Labute approximate surface area is 175 Å². The van der Waals surface area contributed by atoms with Crippen LogP contribution < -0.4 is 5.32 Å². The fraction of sp³-hybridized carbons (Fsp3) is 0.208. The van der Waals surface area contributed by atoms with E-state index < -0.39 is 0 Å². The highest BCUT2D eigenvalue weighted by Gasteiger charge is 2.14. The number of hydrogen-bond donors (Lipinski definition) is 1. The van der Waals surface area contributed by atoms with Crippen LogP contribution in [0.25, 0.3) is 34.0 Å². The van der Waals surface area contributed by atoms with Crippen LogP contribution in [0.2, 0.25) is 0 Å². The van der Waals surface area contributed by atoms with Gasteiger partial charge < -0.3 is 14.6 Å². The predicted molar refractivity (Wildman–Crippen MR) is 118 cm³/mol. The molecule has 0 atom stereocenters. The Morgan fingerprint density at radius 2 is 1.83 bits per heavy atom. The molecule has 1 N–H and O–H groups in total. The number of ether oxygens (including phenoxy) is 1. The van der Waals surface area contributed by atoms with Gasteiger partial charge >= 0.3 is 0 Å². The van der Waals surface area contributed by atoms with E-state index in [1.165, 1.54) is 11.1 Å². The van der Waals surface area contributed by atoms with Crippen molar-refractivity contribution in [3.8, 4) is 34.0 Å². The van der Waals surface area contributed by atoms with Crippen molar-refractivity contribution < 1.29 is 9.26 Å². The molecule has 0 aliphatic heterocycles. The first-order valence-corrected chi connectivity index (χ1v) is 9.92. The summed E-state index contributed by atoms with van der Waals surface area (Å²) in [5.41, 5.74) is 6.28. The number of methoxy groups -OCH3 is 1. The number of pyridine rings is 1. The number of nitrogens with zero attached hydrogens (tertiary/aromatic N) is 3. The Hall–Kier alpha value is -3.51. The van der Waals surface area contributed by atoms with Crippen LogP contribution in [0.5, 0.6) is 0 Å². The summed E-state index contributed by atoms with van der Waals surface area (Å²) in [6.07, 6.45) is 1.74. The van der Waals surface area contributed by atoms with E-state index in [1.54, 1.807) is 13.3 Å². The van der Waals surface area contributed by atoms with Crippen molar-refractivity contribution in [1.82, 2.24) is 15.1 Å². The third-order valence-electron chi connectivity index (χ3n) is 4.89. The second-order valence-electron chi connectivity index (χ2n) is 7.01. The average Bonchev–Trinajstić information content (AvgIpc) is 3.26. The largest absolute Gasteiger partial charge is 0.380 e. The van der Waals surface area contributed by atoms with E-state index in [-0.39, 0.29) is 0 Å². The highest BCUT2D eigenvalue weighted by Crippen LogP contribution is 2.31. The Bertz CT molecular complexity index is 1140. The van der Waals surface area contributed by atoms with Crippen LogP contribution in [0.15, 0.2) is 65.3 Å². The Kier molecular flexibility index (Phi) is 5.86. The Morgan fingerprint density at radius 1 is 1.00 bits per heavy atom. The molecule has 4 rings (SSSR count). The first kappa shape index (κ1) is 19.8. The molecular formula is C24H24N4O2. The third-order valence-corrected chi connectivity index (χ3v) is 4.89. The van der Waals surface area contributed by atoms with Gasteiger partial charge in [0.2, 0.25) is 5.82 Å². The molecule has 0 aliphatic carbocycles. The van der Waals surface area contributed by atoms with E-state index >= 15 is 0 Å². The molecule has 0 bridgehead atoms. The molecule has 6 nitrogen and oxygen atoms in total. The number of hydrogen-bond acceptors (Lipinski definition) is 6. The zero-order valence-corrected chi connectivity index (χ0v) is 17.3. The van der Waals surface area contributed by atoms with Gasteiger partial charge in [-0.1, -0.05) is 35.5 Å². The zero-order chi connectivity index (χ0) is 20.9. The van der Waals surface area contributed by atoms with Crippen LogP contribution in [-0.2, 0) is 11.3 Å². The summed E-state index contributed by atoms with van der Waals surface area (Å²) >= 11 is 0. The summed E-state index contributed by atoms with van der Waals surface area (Å²) in [4.78, 5) is 8.94. The fourth-order valence-corrected chi connectivity index (χ4v) is 3.41. The average molecular weight is 400 g/mol. The quantitative estimate of drug-likeness (QED) is 0.451. The molecule has 4 aromatic rings. The number of anilines is 1. The normalized spacial score (nSPS) is 10.9. The standard InChI is InChI=1S/C24H24N4O2/c1-4-25-22-12-10-18(14-26-22)23-27-24(30-28-23)17-9-11-21(19(13-17)15-29-3)20-8-6-5-7-16(20)2/h5-14H,4,15H2,1-3H3,(H,25,26). The molecule has 2 aromatic carbocycles. The Morgan fingerprint density at radius 3 is 2.57 bits per heavy atom. The van der Waals surface area contributed by atoms with Gasteiger partial charge in [0.15, 0.2) is 0 Å². The molecule has 0 radical (unpaired) electrons. The van der Waals surface area contributed by atoms with Crippen molar-refractivity contribution in [2.45, 2.75) is 20.5 Å². The van der Waals surface area contributed by atoms with E-state index in [0.717, 1.165) is 34.6 Å². The maximum Gasteiger partial charge on any atom is 0.258 e. The lowest BCUT2D eigenvalue weighted by Gasteiger charge is -2.12. The minimum absolute atomic E-state index is 0.467. The van der Waals surface area contributed by atoms with Crippen LogP contribution in [0.3, 0.4) is 0 Å². The van der Waals surface area contributed by atoms with Gasteiger partial charge in [-0.3, -0.25) is 0 Å². The number of nitrogens with one attached hydrogen (secondary N) is 1. The predicted octanol–water partition coefficient (Wildman–Crippen LogP) is 5.35. The van der Waals surface area contributed by atoms with Crippen molar-refractivity contribution in [1.29, 1.82) is 0 Å². The SMILES string of the molecule is CCNc1ccc(-c2noc(-c3ccc(-c4ccccc4C)c(COC)c3)n2)cn1. The van der Waals surface area contributed by atoms with Crippen LogP contribution >= 0.6 is 0 Å². The van der Waals surface area contributed by atoms with E-state index in [1.807, 2.05) is 37.3 Å². The maximum atomic E-state index is 5.54. The van der Waals surface area contributed by atoms with Crippen LogP contribution in [0.1, 0.15) is 18.1 Å². The summed E-state index contributed by atoms with van der Waals surface area (Å²) in [7, 11) is 1.70. The molecule has 30 heavy (non-hydrogen) atoms. The van der Waals surface area contributed by atoms with Crippen molar-refractivity contribution in [3.63, 3.8) is 0 Å². The van der Waals surface area contributed by atoms with Crippen molar-refractivity contribution in [3.05, 3.63) is 71.9 Å². The second kappa shape index (κ2) is 8.88. The van der Waals surface area contributed by atoms with E-state index in [2.05, 4.69) is 51.6 Å². The van der Waals surface area contributed by atoms with Gasteiger partial charge in [-0.2, -0.15) is 4.98 Å². The van der Waals surface area contributed by atoms with Gasteiger partial charge in [0.1, 0.15) is 5.82 Å². The molecule has 0 unspecified atom stereocenters. The van der Waals surface area contributed by atoms with Gasteiger partial charge in [0.25, 0.3) is 5.89 Å². The topological polar surface area (TPSA) is 73.1 Å². The summed E-state index contributed by atoms with van der Waals surface area (Å²) in [6.45, 7) is 5.46. The summed E-state index contributed by atoms with van der Waals surface area (Å²) in [6, 6.07) is 18.3. The molecule has 0 amide bonds. The van der Waals surface area contributed by atoms with Crippen molar-refractivity contribution >= 4 is 5.82 Å². The van der Waals surface area contributed by atoms with Crippen molar-refractivity contribution in [2.75, 3.05) is 19.0 Å². The lowest BCUT2D eigenvalue weighted by molar-refractivity contribution is 0.185. The number of benzene rings is 2. The van der Waals surface area contributed by atoms with Gasteiger partial charge in [0.05, 0.1) is 6.61 Å². The monoisotopic (exact) mass is 400 g/mol. The van der Waals surface area contributed by atoms with E-state index in [0.29, 0.717) is 18.3 Å². The summed E-state index contributed by atoms with van der Waals surface area (Å²) in [5.74, 6) is 1.80. The lowest BCUT2D eigenvalue weighted by Crippen LogP contribution is -1.98. The minimum atomic E-state index is 0.467. The first-order chi connectivity index (χ1) is 14.7. The lowest BCUT2D eigenvalue weighted by atomic mass is 9.94. The van der Waals surface area contributed by atoms with E-state index in [4.69, 9.17) is 9.26 Å². The molecule has 0 fully saturated rings. The molecule has 2 heterocycles. The highest BCUT2D eigenvalue weighted by molar-refractivity contribution is 5.74. The van der Waals surface area contributed by atoms with Crippen LogP contribution in [-0.4, -0.2) is 28.8 Å². The molecule has 6 heteroatoms. The molecule has 0 spiro atoms. The molecule has 0 aliphatic rings. The number of aryl methyl sites for hydroxylation is 1. The maximum absolute atomic E-state index is 5.54. The van der Waals surface area contributed by atoms with Gasteiger partial charge in [-0.15, -0.1) is 0 Å². The van der Waals surface area contributed by atoms with Gasteiger partial charge in [-0.05, 0) is 60.4 Å². The smallest absolute Gasteiger partial charge is 0.258 e. The summed E-state index contributed by atoms with van der Waals surface area (Å²) in [5, 5.41) is 7.30. The van der Waals surface area contributed by atoms with Crippen molar-refractivity contribution in [2.24, 2.45) is 0 Å². The molecular weight excluding hydrogens is 376 g/mol. The zero-order valence-electron chi connectivity index (χ0n) is 17.3. The second-order valence-corrected chi connectivity index (χ2v) is 7.01. The Balaban J connectivity index is 1.66. The summed E-state index contributed by atoms with van der Waals surface area (Å²) < 4.78 is 11.0. The molecule has 2 aromatic heterocycles.